The van der Waals surface area contributed by atoms with Gasteiger partial charge in [0.15, 0.2) is 11.5 Å². The molecule has 0 spiro atoms. The number of hydrogen-bond donors (Lipinski definition) is 1. The molecule has 1 atom stereocenters. The van der Waals surface area contributed by atoms with Crippen LogP contribution in [0.15, 0.2) is 42.5 Å². The Balaban J connectivity index is 1.41. The Bertz CT molecular complexity index is 861. The van der Waals surface area contributed by atoms with E-state index in [0.717, 1.165) is 30.5 Å². The standard InChI is InChI=1S/C21H21NO5/c23-20(11-14-3-8-18-19(10-14)27-13-26-18)22-9-1-2-17(12-22)15-4-6-16(7-5-15)21(24)25/h3-8,10,17H,1-2,9,11-13H2,(H,24,25)/t17-/m1/s1. The van der Waals surface area contributed by atoms with Gasteiger partial charge in [0.2, 0.25) is 12.7 Å². The fourth-order valence-corrected chi connectivity index (χ4v) is 3.71. The summed E-state index contributed by atoms with van der Waals surface area (Å²) in [6.07, 6.45) is 2.28. The molecule has 1 N–H and O–H groups in total. The Morgan fingerprint density at radius 1 is 1.07 bits per heavy atom. The van der Waals surface area contributed by atoms with Gasteiger partial charge in [0.25, 0.3) is 0 Å². The van der Waals surface area contributed by atoms with Crippen LogP contribution in [0.3, 0.4) is 0 Å². The molecule has 2 aliphatic rings. The number of amides is 1. The molecule has 1 fully saturated rings. The van der Waals surface area contributed by atoms with E-state index in [-0.39, 0.29) is 24.2 Å². The lowest BCUT2D eigenvalue weighted by Crippen LogP contribution is -2.39. The van der Waals surface area contributed by atoms with Crippen LogP contribution < -0.4 is 9.47 Å². The molecule has 6 nitrogen and oxygen atoms in total. The highest BCUT2D eigenvalue weighted by atomic mass is 16.7. The van der Waals surface area contributed by atoms with E-state index in [1.165, 1.54) is 0 Å². The summed E-state index contributed by atoms with van der Waals surface area (Å²) in [4.78, 5) is 25.7. The Kier molecular flexibility index (Phi) is 4.71. The lowest BCUT2D eigenvalue weighted by molar-refractivity contribution is -0.131. The van der Waals surface area contributed by atoms with E-state index < -0.39 is 5.97 Å². The third kappa shape index (κ3) is 3.74. The molecule has 0 aliphatic carbocycles. The molecule has 1 saturated heterocycles. The number of benzene rings is 2. The van der Waals surface area contributed by atoms with Gasteiger partial charge in [0.05, 0.1) is 12.0 Å². The number of ether oxygens (including phenoxy) is 2. The van der Waals surface area contributed by atoms with Gasteiger partial charge in [-0.3, -0.25) is 4.79 Å². The van der Waals surface area contributed by atoms with Crippen LogP contribution in [-0.2, 0) is 11.2 Å². The highest BCUT2D eigenvalue weighted by Crippen LogP contribution is 2.33. The monoisotopic (exact) mass is 367 g/mol. The second kappa shape index (κ2) is 7.31. The average Bonchev–Trinajstić information content (AvgIpc) is 3.16. The van der Waals surface area contributed by atoms with Gasteiger partial charge in [-0.1, -0.05) is 18.2 Å². The predicted molar refractivity (Wildman–Crippen MR) is 98.2 cm³/mol. The number of carboxylic acids is 1. The Morgan fingerprint density at radius 2 is 1.85 bits per heavy atom. The third-order valence-electron chi connectivity index (χ3n) is 5.20. The summed E-state index contributed by atoms with van der Waals surface area (Å²) in [6.45, 7) is 1.64. The van der Waals surface area contributed by atoms with Crippen molar-refractivity contribution in [2.45, 2.75) is 25.2 Å². The van der Waals surface area contributed by atoms with Crippen molar-refractivity contribution in [3.05, 3.63) is 59.2 Å². The van der Waals surface area contributed by atoms with E-state index in [2.05, 4.69) is 0 Å². The summed E-state index contributed by atoms with van der Waals surface area (Å²) in [5, 5.41) is 9.03. The number of piperidine rings is 1. The van der Waals surface area contributed by atoms with Gasteiger partial charge < -0.3 is 19.5 Å². The van der Waals surface area contributed by atoms with E-state index in [1.54, 1.807) is 12.1 Å². The van der Waals surface area contributed by atoms with Gasteiger partial charge in [0.1, 0.15) is 0 Å². The summed E-state index contributed by atoms with van der Waals surface area (Å²) in [5.74, 6) is 0.818. The Morgan fingerprint density at radius 3 is 2.63 bits per heavy atom. The molecular weight excluding hydrogens is 346 g/mol. The zero-order valence-corrected chi connectivity index (χ0v) is 14.9. The molecule has 0 unspecified atom stereocenters. The molecule has 2 aromatic rings. The van der Waals surface area contributed by atoms with Crippen molar-refractivity contribution in [2.75, 3.05) is 19.9 Å². The normalized spacial score (nSPS) is 18.4. The van der Waals surface area contributed by atoms with Gasteiger partial charge in [-0.2, -0.15) is 0 Å². The molecule has 0 bridgehead atoms. The molecule has 6 heteroatoms. The number of likely N-dealkylation sites (tertiary alicyclic amines) is 1. The molecule has 0 radical (unpaired) electrons. The number of aromatic carboxylic acids is 1. The van der Waals surface area contributed by atoms with Crippen LogP contribution in [0.5, 0.6) is 11.5 Å². The van der Waals surface area contributed by atoms with Gasteiger partial charge in [-0.15, -0.1) is 0 Å². The lowest BCUT2D eigenvalue weighted by atomic mass is 9.90. The number of carbonyl (C=O) groups is 2. The van der Waals surface area contributed by atoms with Crippen molar-refractivity contribution < 1.29 is 24.2 Å². The summed E-state index contributed by atoms with van der Waals surface area (Å²) in [7, 11) is 0. The number of rotatable bonds is 4. The van der Waals surface area contributed by atoms with Crippen molar-refractivity contribution in [3.63, 3.8) is 0 Å². The van der Waals surface area contributed by atoms with Gasteiger partial charge >= 0.3 is 5.97 Å². The SMILES string of the molecule is O=C(O)c1ccc([C@@H]2CCCN(C(=O)Cc3ccc4c(c3)OCO4)C2)cc1. The van der Waals surface area contributed by atoms with Crippen LogP contribution in [0.1, 0.15) is 40.2 Å². The van der Waals surface area contributed by atoms with Gasteiger partial charge in [-0.25, -0.2) is 4.79 Å². The minimum Gasteiger partial charge on any atom is -0.478 e. The van der Waals surface area contributed by atoms with Crippen molar-refractivity contribution >= 4 is 11.9 Å². The van der Waals surface area contributed by atoms with Crippen LogP contribution in [0.4, 0.5) is 0 Å². The van der Waals surface area contributed by atoms with E-state index >= 15 is 0 Å². The second-order valence-corrected chi connectivity index (χ2v) is 6.97. The highest BCUT2D eigenvalue weighted by molar-refractivity contribution is 5.87. The number of fused-ring (bicyclic) bond motifs is 1. The fraction of sp³-hybridized carbons (Fsp3) is 0.333. The van der Waals surface area contributed by atoms with Crippen LogP contribution in [0, 0.1) is 0 Å². The maximum absolute atomic E-state index is 12.8. The quantitative estimate of drug-likeness (QED) is 0.899. The second-order valence-electron chi connectivity index (χ2n) is 6.97. The molecule has 2 heterocycles. The van der Waals surface area contributed by atoms with Crippen molar-refractivity contribution in [1.82, 2.24) is 4.90 Å². The Labute approximate surface area is 157 Å². The van der Waals surface area contributed by atoms with Crippen LogP contribution >= 0.6 is 0 Å². The average molecular weight is 367 g/mol. The van der Waals surface area contributed by atoms with Gasteiger partial charge in [-0.05, 0) is 48.2 Å². The summed E-state index contributed by atoms with van der Waals surface area (Å²) >= 11 is 0. The number of nitrogens with zero attached hydrogens (tertiary/aromatic N) is 1. The molecule has 2 aliphatic heterocycles. The summed E-state index contributed by atoms with van der Waals surface area (Å²) in [6, 6.07) is 12.6. The zero-order valence-electron chi connectivity index (χ0n) is 14.9. The number of hydrogen-bond acceptors (Lipinski definition) is 4. The van der Waals surface area contributed by atoms with E-state index in [4.69, 9.17) is 14.6 Å². The molecule has 4 rings (SSSR count). The lowest BCUT2D eigenvalue weighted by Gasteiger charge is -2.33. The first kappa shape index (κ1) is 17.4. The van der Waals surface area contributed by atoms with Crippen LogP contribution in [-0.4, -0.2) is 41.8 Å². The van der Waals surface area contributed by atoms with Crippen molar-refractivity contribution in [3.8, 4) is 11.5 Å². The molecule has 0 aromatic heterocycles. The first-order chi connectivity index (χ1) is 13.1. The topological polar surface area (TPSA) is 76.1 Å². The number of carbonyl (C=O) groups excluding carboxylic acids is 1. The minimum atomic E-state index is -0.925. The largest absolute Gasteiger partial charge is 0.478 e. The first-order valence-corrected chi connectivity index (χ1v) is 9.10. The van der Waals surface area contributed by atoms with Crippen LogP contribution in [0.25, 0.3) is 0 Å². The predicted octanol–water partition coefficient (Wildman–Crippen LogP) is 3.06. The van der Waals surface area contributed by atoms with Gasteiger partial charge in [0, 0.05) is 19.0 Å². The van der Waals surface area contributed by atoms with E-state index in [9.17, 15) is 9.59 Å². The molecule has 140 valence electrons. The maximum atomic E-state index is 12.8. The molecule has 27 heavy (non-hydrogen) atoms. The summed E-state index contributed by atoms with van der Waals surface area (Å²) in [5.41, 5.74) is 2.28. The van der Waals surface area contributed by atoms with E-state index in [1.807, 2.05) is 35.2 Å². The fourth-order valence-electron chi connectivity index (χ4n) is 3.71. The Hall–Kier alpha value is -3.02. The summed E-state index contributed by atoms with van der Waals surface area (Å²) < 4.78 is 10.7. The maximum Gasteiger partial charge on any atom is 0.335 e. The third-order valence-corrected chi connectivity index (χ3v) is 5.20. The first-order valence-electron chi connectivity index (χ1n) is 9.10. The van der Waals surface area contributed by atoms with Crippen LogP contribution in [0.2, 0.25) is 0 Å². The van der Waals surface area contributed by atoms with Crippen molar-refractivity contribution in [2.24, 2.45) is 0 Å². The zero-order chi connectivity index (χ0) is 18.8. The minimum absolute atomic E-state index is 0.0979. The smallest absolute Gasteiger partial charge is 0.335 e. The van der Waals surface area contributed by atoms with Crippen molar-refractivity contribution in [1.29, 1.82) is 0 Å². The molecule has 0 saturated carbocycles. The molecular formula is C21H21NO5. The van der Waals surface area contributed by atoms with E-state index in [0.29, 0.717) is 24.5 Å². The number of carboxylic acid groups (broad SMARTS) is 1. The highest BCUT2D eigenvalue weighted by Gasteiger charge is 2.25. The molecule has 2 aromatic carbocycles. The molecule has 1 amide bonds.